The zero-order valence-electron chi connectivity index (χ0n) is 7.91. The molecule has 1 aliphatic rings. The molecule has 4 nitrogen and oxygen atoms in total. The number of carbonyl (C=O) groups is 1. The van der Waals surface area contributed by atoms with Crippen LogP contribution in [0.15, 0.2) is 0 Å². The summed E-state index contributed by atoms with van der Waals surface area (Å²) in [6.07, 6.45) is 3.38. The lowest BCUT2D eigenvalue weighted by atomic mass is 10.0. The van der Waals surface area contributed by atoms with Gasteiger partial charge in [0.1, 0.15) is 0 Å². The molecule has 0 aliphatic carbocycles. The van der Waals surface area contributed by atoms with E-state index < -0.39 is 5.97 Å². The van der Waals surface area contributed by atoms with Crippen LogP contribution < -0.4 is 5.73 Å². The summed E-state index contributed by atoms with van der Waals surface area (Å²) < 4.78 is 0. The molecule has 13 heavy (non-hydrogen) atoms. The predicted octanol–water partition coefficient (Wildman–Crippen LogP) is 0.132. The molecule has 0 amide bonds. The van der Waals surface area contributed by atoms with E-state index in [2.05, 4.69) is 4.90 Å². The van der Waals surface area contributed by atoms with Gasteiger partial charge in [0.15, 0.2) is 0 Å². The van der Waals surface area contributed by atoms with Crippen LogP contribution in [0.3, 0.4) is 0 Å². The first-order valence-electron chi connectivity index (χ1n) is 4.89. The van der Waals surface area contributed by atoms with Crippen LogP contribution in [0.1, 0.15) is 19.3 Å². The summed E-state index contributed by atoms with van der Waals surface area (Å²) in [6, 6.07) is 0. The molecule has 0 saturated carbocycles. The maximum atomic E-state index is 10.5. The number of nitrogens with zero attached hydrogens (tertiary/aromatic N) is 1. The highest BCUT2D eigenvalue weighted by Crippen LogP contribution is 2.15. The van der Waals surface area contributed by atoms with Gasteiger partial charge in [0.25, 0.3) is 0 Å². The van der Waals surface area contributed by atoms with Crippen molar-refractivity contribution in [2.45, 2.75) is 19.3 Å². The number of hydrogen-bond acceptors (Lipinski definition) is 3. The third-order valence-electron chi connectivity index (χ3n) is 2.48. The van der Waals surface area contributed by atoms with Gasteiger partial charge in [-0.1, -0.05) is 6.42 Å². The van der Waals surface area contributed by atoms with Crippen molar-refractivity contribution in [1.29, 1.82) is 0 Å². The summed E-state index contributed by atoms with van der Waals surface area (Å²) in [7, 11) is 0. The van der Waals surface area contributed by atoms with Crippen molar-refractivity contribution in [2.24, 2.45) is 11.7 Å². The smallest absolute Gasteiger partial charge is 0.309 e. The summed E-state index contributed by atoms with van der Waals surface area (Å²) in [5.74, 6) is -0.771. The van der Waals surface area contributed by atoms with Gasteiger partial charge < -0.3 is 15.7 Å². The molecule has 1 aliphatic heterocycles. The van der Waals surface area contributed by atoms with Crippen molar-refractivity contribution < 1.29 is 9.90 Å². The molecule has 1 rings (SSSR count). The fourth-order valence-electron chi connectivity index (χ4n) is 1.57. The third-order valence-corrected chi connectivity index (χ3v) is 2.48. The van der Waals surface area contributed by atoms with Crippen molar-refractivity contribution in [3.05, 3.63) is 0 Å². The van der Waals surface area contributed by atoms with E-state index in [0.29, 0.717) is 0 Å². The second-order valence-corrected chi connectivity index (χ2v) is 3.64. The number of hydrogen-bond donors (Lipinski definition) is 2. The topological polar surface area (TPSA) is 66.6 Å². The molecule has 3 N–H and O–H groups in total. The predicted molar refractivity (Wildman–Crippen MR) is 50.5 cm³/mol. The first-order valence-corrected chi connectivity index (χ1v) is 4.89. The second kappa shape index (κ2) is 5.19. The standard InChI is InChI=1S/C9H18N2O2/c10-4-2-1-3-5-11-6-8(7-11)9(12)13/h8H,1-7,10H2,(H,12,13). The van der Waals surface area contributed by atoms with Crippen molar-refractivity contribution in [1.82, 2.24) is 4.90 Å². The summed E-state index contributed by atoms with van der Waals surface area (Å²) in [4.78, 5) is 12.7. The Morgan fingerprint density at radius 3 is 2.62 bits per heavy atom. The normalized spacial score (nSPS) is 18.5. The van der Waals surface area contributed by atoms with Crippen LogP contribution in [-0.2, 0) is 4.79 Å². The molecule has 76 valence electrons. The highest BCUT2D eigenvalue weighted by Gasteiger charge is 2.31. The maximum absolute atomic E-state index is 10.5. The van der Waals surface area contributed by atoms with Gasteiger partial charge in [0, 0.05) is 13.1 Å². The molecule has 1 heterocycles. The lowest BCUT2D eigenvalue weighted by Crippen LogP contribution is -2.50. The number of carboxylic acid groups (broad SMARTS) is 1. The van der Waals surface area contributed by atoms with E-state index in [4.69, 9.17) is 10.8 Å². The Hall–Kier alpha value is -0.610. The van der Waals surface area contributed by atoms with E-state index in [1.807, 2.05) is 0 Å². The van der Waals surface area contributed by atoms with Crippen LogP contribution in [0.5, 0.6) is 0 Å². The molecule has 0 aromatic rings. The molecular formula is C9H18N2O2. The SMILES string of the molecule is NCCCCCN1CC(C(=O)O)C1. The molecule has 0 radical (unpaired) electrons. The fourth-order valence-corrected chi connectivity index (χ4v) is 1.57. The molecule has 1 saturated heterocycles. The van der Waals surface area contributed by atoms with Crippen LogP contribution in [0.25, 0.3) is 0 Å². The van der Waals surface area contributed by atoms with Crippen molar-refractivity contribution >= 4 is 5.97 Å². The molecule has 0 unspecified atom stereocenters. The Morgan fingerprint density at radius 2 is 2.08 bits per heavy atom. The monoisotopic (exact) mass is 186 g/mol. The van der Waals surface area contributed by atoms with Crippen molar-refractivity contribution in [2.75, 3.05) is 26.2 Å². The number of nitrogens with two attached hydrogens (primary N) is 1. The van der Waals surface area contributed by atoms with Crippen molar-refractivity contribution in [3.8, 4) is 0 Å². The molecule has 1 fully saturated rings. The van der Waals surface area contributed by atoms with E-state index in [1.54, 1.807) is 0 Å². The van der Waals surface area contributed by atoms with Gasteiger partial charge in [-0.05, 0) is 25.9 Å². The zero-order chi connectivity index (χ0) is 9.68. The van der Waals surface area contributed by atoms with Gasteiger partial charge in [-0.25, -0.2) is 0 Å². The van der Waals surface area contributed by atoms with Crippen LogP contribution in [-0.4, -0.2) is 42.2 Å². The molecule has 0 bridgehead atoms. The highest BCUT2D eigenvalue weighted by molar-refractivity contribution is 5.71. The average molecular weight is 186 g/mol. The third kappa shape index (κ3) is 3.32. The average Bonchev–Trinajstić information content (AvgIpc) is 2.00. The Labute approximate surface area is 78.7 Å². The number of aliphatic carboxylic acids is 1. The summed E-state index contributed by atoms with van der Waals surface area (Å²) in [5.41, 5.74) is 5.36. The minimum absolute atomic E-state index is 0.116. The van der Waals surface area contributed by atoms with Crippen LogP contribution in [0.2, 0.25) is 0 Å². The van der Waals surface area contributed by atoms with E-state index in [-0.39, 0.29) is 5.92 Å². The number of rotatable bonds is 6. The summed E-state index contributed by atoms with van der Waals surface area (Å²) in [5, 5.41) is 8.62. The van der Waals surface area contributed by atoms with E-state index >= 15 is 0 Å². The molecule has 0 aromatic carbocycles. The van der Waals surface area contributed by atoms with Crippen molar-refractivity contribution in [3.63, 3.8) is 0 Å². The van der Waals surface area contributed by atoms with Gasteiger partial charge >= 0.3 is 5.97 Å². The Bertz CT molecular complexity index is 167. The van der Waals surface area contributed by atoms with Crippen LogP contribution in [0, 0.1) is 5.92 Å². The first kappa shape index (κ1) is 10.5. The Kier molecular flexibility index (Phi) is 4.18. The molecule has 0 spiro atoms. The summed E-state index contributed by atoms with van der Waals surface area (Å²) in [6.45, 7) is 3.26. The van der Waals surface area contributed by atoms with Gasteiger partial charge in [0.2, 0.25) is 0 Å². The van der Waals surface area contributed by atoms with E-state index in [9.17, 15) is 4.79 Å². The maximum Gasteiger partial charge on any atom is 0.309 e. The molecule has 0 aromatic heterocycles. The van der Waals surface area contributed by atoms with Gasteiger partial charge in [-0.3, -0.25) is 4.79 Å². The van der Waals surface area contributed by atoms with Crippen LogP contribution >= 0.6 is 0 Å². The van der Waals surface area contributed by atoms with E-state index in [1.165, 1.54) is 0 Å². The second-order valence-electron chi connectivity index (χ2n) is 3.64. The number of unbranched alkanes of at least 4 members (excludes halogenated alkanes) is 2. The van der Waals surface area contributed by atoms with Gasteiger partial charge in [-0.15, -0.1) is 0 Å². The minimum atomic E-state index is -0.654. The number of carboxylic acids is 1. The first-order chi connectivity index (χ1) is 6.24. The molecule has 0 atom stereocenters. The summed E-state index contributed by atoms with van der Waals surface area (Å²) >= 11 is 0. The minimum Gasteiger partial charge on any atom is -0.481 e. The van der Waals surface area contributed by atoms with E-state index in [0.717, 1.165) is 45.4 Å². The lowest BCUT2D eigenvalue weighted by Gasteiger charge is -2.36. The van der Waals surface area contributed by atoms with Crippen LogP contribution in [0.4, 0.5) is 0 Å². The molecular weight excluding hydrogens is 168 g/mol. The number of likely N-dealkylation sites (tertiary alicyclic amines) is 1. The quantitative estimate of drug-likeness (QED) is 0.579. The lowest BCUT2D eigenvalue weighted by molar-refractivity contribution is -0.147. The Balaban J connectivity index is 1.93. The van der Waals surface area contributed by atoms with Gasteiger partial charge in [-0.2, -0.15) is 0 Å². The Morgan fingerprint density at radius 1 is 1.38 bits per heavy atom. The fraction of sp³-hybridized carbons (Fsp3) is 0.889. The molecule has 4 heteroatoms. The zero-order valence-corrected chi connectivity index (χ0v) is 7.91. The highest BCUT2D eigenvalue weighted by atomic mass is 16.4. The largest absolute Gasteiger partial charge is 0.481 e. The van der Waals surface area contributed by atoms with Gasteiger partial charge in [0.05, 0.1) is 5.92 Å².